The summed E-state index contributed by atoms with van der Waals surface area (Å²) >= 11 is 6.20. The summed E-state index contributed by atoms with van der Waals surface area (Å²) in [5.74, 6) is -0.786. The number of amides is 2. The summed E-state index contributed by atoms with van der Waals surface area (Å²) in [7, 11) is -3.79. The number of anilines is 1. The fraction of sp³-hybridized carbons (Fsp3) is 0.417. The molecule has 2 aromatic carbocycles. The van der Waals surface area contributed by atoms with Crippen LogP contribution in [0, 0.1) is 6.92 Å². The zero-order valence-corrected chi connectivity index (χ0v) is 21.3. The Morgan fingerprint density at radius 3 is 2.27 bits per heavy atom. The van der Waals surface area contributed by atoms with Crippen LogP contribution in [0.4, 0.5) is 5.69 Å². The van der Waals surface area contributed by atoms with Crippen LogP contribution in [-0.2, 0) is 26.2 Å². The molecule has 0 aliphatic heterocycles. The van der Waals surface area contributed by atoms with Crippen LogP contribution in [0.2, 0.25) is 5.02 Å². The van der Waals surface area contributed by atoms with Crippen LogP contribution in [0.1, 0.15) is 38.3 Å². The van der Waals surface area contributed by atoms with Gasteiger partial charge in [0.25, 0.3) is 0 Å². The average molecular weight is 494 g/mol. The monoisotopic (exact) mass is 493 g/mol. The summed E-state index contributed by atoms with van der Waals surface area (Å²) in [6.45, 7) is 7.01. The lowest BCUT2D eigenvalue weighted by Crippen LogP contribution is -2.52. The van der Waals surface area contributed by atoms with Crippen LogP contribution in [0.3, 0.4) is 0 Å². The molecule has 0 fully saturated rings. The lowest BCUT2D eigenvalue weighted by molar-refractivity contribution is -0.139. The Bertz CT molecular complexity index is 1080. The number of hydrogen-bond donors (Lipinski definition) is 1. The van der Waals surface area contributed by atoms with E-state index >= 15 is 0 Å². The second kappa shape index (κ2) is 11.5. The highest BCUT2D eigenvalue weighted by molar-refractivity contribution is 7.92. The third kappa shape index (κ3) is 7.47. The topological polar surface area (TPSA) is 86.8 Å². The Hall–Kier alpha value is -2.58. The quantitative estimate of drug-likeness (QED) is 0.546. The van der Waals surface area contributed by atoms with Crippen molar-refractivity contribution in [2.45, 2.75) is 52.7 Å². The molecular weight excluding hydrogens is 462 g/mol. The van der Waals surface area contributed by atoms with Crippen molar-refractivity contribution < 1.29 is 18.0 Å². The van der Waals surface area contributed by atoms with Gasteiger partial charge in [-0.15, -0.1) is 0 Å². The number of nitrogens with one attached hydrogen (secondary N) is 1. The van der Waals surface area contributed by atoms with Crippen LogP contribution >= 0.6 is 11.6 Å². The number of carbonyl (C=O) groups is 2. The Balaban J connectivity index is 2.38. The molecule has 0 saturated carbocycles. The van der Waals surface area contributed by atoms with Crippen LogP contribution in [0.25, 0.3) is 0 Å². The van der Waals surface area contributed by atoms with E-state index in [0.717, 1.165) is 28.1 Å². The van der Waals surface area contributed by atoms with Gasteiger partial charge in [0, 0.05) is 17.6 Å². The fourth-order valence-electron chi connectivity index (χ4n) is 3.18. The minimum Gasteiger partial charge on any atom is -0.352 e. The van der Waals surface area contributed by atoms with Crippen LogP contribution in [0.5, 0.6) is 0 Å². The van der Waals surface area contributed by atoms with Gasteiger partial charge in [0.1, 0.15) is 12.6 Å². The van der Waals surface area contributed by atoms with E-state index in [9.17, 15) is 18.0 Å². The first kappa shape index (κ1) is 26.7. The predicted molar refractivity (Wildman–Crippen MR) is 133 cm³/mol. The molecule has 0 saturated heterocycles. The minimum absolute atomic E-state index is 0.0455. The van der Waals surface area contributed by atoms with Gasteiger partial charge in [0.15, 0.2) is 0 Å². The van der Waals surface area contributed by atoms with E-state index in [1.807, 2.05) is 44.2 Å². The van der Waals surface area contributed by atoms with E-state index in [1.54, 1.807) is 26.0 Å². The van der Waals surface area contributed by atoms with E-state index < -0.39 is 28.5 Å². The number of aryl methyl sites for hydroxylation is 1. The highest BCUT2D eigenvalue weighted by atomic mass is 35.5. The lowest BCUT2D eigenvalue weighted by atomic mass is 10.1. The second-order valence-corrected chi connectivity index (χ2v) is 10.5. The maximum atomic E-state index is 13.4. The van der Waals surface area contributed by atoms with Crippen molar-refractivity contribution in [3.8, 4) is 0 Å². The van der Waals surface area contributed by atoms with Gasteiger partial charge in [0.2, 0.25) is 21.8 Å². The molecule has 2 amide bonds. The average Bonchev–Trinajstić information content (AvgIpc) is 2.76. The van der Waals surface area contributed by atoms with Crippen LogP contribution < -0.4 is 9.62 Å². The Labute approximate surface area is 201 Å². The number of benzene rings is 2. The third-order valence-electron chi connectivity index (χ3n) is 5.49. The van der Waals surface area contributed by atoms with Crippen molar-refractivity contribution in [1.82, 2.24) is 10.2 Å². The first-order valence-electron chi connectivity index (χ1n) is 10.8. The standard InChI is InChI=1S/C24H32ClN3O4S/c1-6-18(3)26-24(30)19(4)27(15-20-10-8-7-9-11-20)23(29)16-28(33(5,31)32)21-13-12-17(2)22(25)14-21/h7-14,18-19H,6,15-16H2,1-5H3,(H,26,30)/t18-,19+/m0/s1. The number of carbonyl (C=O) groups excluding carboxylic acids is 2. The van der Waals surface area contributed by atoms with E-state index in [0.29, 0.717) is 5.02 Å². The first-order valence-corrected chi connectivity index (χ1v) is 13.0. The van der Waals surface area contributed by atoms with Crippen molar-refractivity contribution in [1.29, 1.82) is 0 Å². The molecule has 33 heavy (non-hydrogen) atoms. The van der Waals surface area contributed by atoms with E-state index in [-0.39, 0.29) is 24.2 Å². The fourth-order valence-corrected chi connectivity index (χ4v) is 4.20. The van der Waals surface area contributed by atoms with Crippen molar-refractivity contribution >= 4 is 39.1 Å². The van der Waals surface area contributed by atoms with E-state index in [2.05, 4.69) is 5.32 Å². The van der Waals surface area contributed by atoms with Gasteiger partial charge in [-0.2, -0.15) is 0 Å². The summed E-state index contributed by atoms with van der Waals surface area (Å²) in [6.07, 6.45) is 1.79. The van der Waals surface area contributed by atoms with Gasteiger partial charge >= 0.3 is 0 Å². The molecule has 2 aromatic rings. The largest absolute Gasteiger partial charge is 0.352 e. The smallest absolute Gasteiger partial charge is 0.244 e. The van der Waals surface area contributed by atoms with Gasteiger partial charge < -0.3 is 10.2 Å². The molecule has 0 unspecified atom stereocenters. The predicted octanol–water partition coefficient (Wildman–Crippen LogP) is 3.75. The van der Waals surface area contributed by atoms with E-state index in [1.165, 1.54) is 11.0 Å². The van der Waals surface area contributed by atoms with Gasteiger partial charge in [-0.05, 0) is 50.5 Å². The SMILES string of the molecule is CC[C@H](C)NC(=O)[C@@H](C)N(Cc1ccccc1)C(=O)CN(c1ccc(C)c(Cl)c1)S(C)(=O)=O. The molecule has 2 rings (SSSR count). The lowest BCUT2D eigenvalue weighted by Gasteiger charge is -2.32. The van der Waals surface area contributed by atoms with E-state index in [4.69, 9.17) is 11.6 Å². The molecule has 0 aliphatic carbocycles. The molecule has 7 nitrogen and oxygen atoms in total. The zero-order chi connectivity index (χ0) is 24.8. The molecule has 0 aromatic heterocycles. The summed E-state index contributed by atoms with van der Waals surface area (Å²) < 4.78 is 26.1. The second-order valence-electron chi connectivity index (χ2n) is 8.20. The number of halogens is 1. The summed E-state index contributed by atoms with van der Waals surface area (Å²) in [5, 5.41) is 3.30. The highest BCUT2D eigenvalue weighted by Crippen LogP contribution is 2.25. The minimum atomic E-state index is -3.79. The molecule has 0 heterocycles. The summed E-state index contributed by atoms with van der Waals surface area (Å²) in [5.41, 5.74) is 1.91. The molecule has 9 heteroatoms. The van der Waals surface area contributed by atoms with Gasteiger partial charge in [-0.1, -0.05) is 54.9 Å². The molecule has 0 radical (unpaired) electrons. The maximum Gasteiger partial charge on any atom is 0.244 e. The third-order valence-corrected chi connectivity index (χ3v) is 7.03. The Kier molecular flexibility index (Phi) is 9.31. The maximum absolute atomic E-state index is 13.4. The Morgan fingerprint density at radius 2 is 1.73 bits per heavy atom. The van der Waals surface area contributed by atoms with Crippen LogP contribution in [0.15, 0.2) is 48.5 Å². The normalized spacial score (nSPS) is 13.2. The summed E-state index contributed by atoms with van der Waals surface area (Å²) in [6, 6.07) is 13.2. The molecule has 0 aliphatic rings. The van der Waals surface area contributed by atoms with Crippen LogP contribution in [-0.4, -0.2) is 50.0 Å². The highest BCUT2D eigenvalue weighted by Gasteiger charge is 2.30. The Morgan fingerprint density at radius 1 is 1.09 bits per heavy atom. The van der Waals surface area contributed by atoms with Crippen molar-refractivity contribution in [2.75, 3.05) is 17.1 Å². The molecule has 180 valence electrons. The van der Waals surface area contributed by atoms with Crippen molar-refractivity contribution in [3.63, 3.8) is 0 Å². The van der Waals surface area contributed by atoms with Crippen molar-refractivity contribution in [3.05, 3.63) is 64.7 Å². The zero-order valence-electron chi connectivity index (χ0n) is 19.7. The molecule has 0 spiro atoms. The number of sulfonamides is 1. The molecular formula is C24H32ClN3O4S. The molecule has 2 atom stereocenters. The number of rotatable bonds is 10. The first-order chi connectivity index (χ1) is 15.4. The van der Waals surface area contributed by atoms with Gasteiger partial charge in [-0.3, -0.25) is 13.9 Å². The molecule has 1 N–H and O–H groups in total. The molecule has 0 bridgehead atoms. The summed E-state index contributed by atoms with van der Waals surface area (Å²) in [4.78, 5) is 27.7. The number of hydrogen-bond acceptors (Lipinski definition) is 4. The number of nitrogens with zero attached hydrogens (tertiary/aromatic N) is 2. The van der Waals surface area contributed by atoms with Crippen molar-refractivity contribution in [2.24, 2.45) is 0 Å². The van der Waals surface area contributed by atoms with Gasteiger partial charge in [0.05, 0.1) is 11.9 Å². The van der Waals surface area contributed by atoms with Gasteiger partial charge in [-0.25, -0.2) is 8.42 Å².